The number of hydrogen-bond acceptors (Lipinski definition) is 3. The van der Waals surface area contributed by atoms with E-state index in [1.807, 2.05) is 48.8 Å². The first kappa shape index (κ1) is 36.8. The maximum absolute atomic E-state index is 6.44. The van der Waals surface area contributed by atoms with Crippen molar-refractivity contribution < 1.29 is 24.5 Å². The molecule has 0 amide bonds. The minimum atomic E-state index is -1.23. The van der Waals surface area contributed by atoms with Gasteiger partial charge < -0.3 is 14.4 Å². The van der Waals surface area contributed by atoms with Gasteiger partial charge in [-0.15, -0.1) is 54.1 Å². The Labute approximate surface area is 322 Å². The van der Waals surface area contributed by atoms with Crippen LogP contribution in [-0.2, 0) is 26.5 Å². The average Bonchev–Trinajstić information content (AvgIpc) is 3.54. The van der Waals surface area contributed by atoms with Crippen LogP contribution in [0.4, 0.5) is 0 Å². The van der Waals surface area contributed by atoms with Crippen molar-refractivity contribution in [2.24, 2.45) is 5.92 Å². The van der Waals surface area contributed by atoms with Crippen LogP contribution in [0.1, 0.15) is 19.4 Å². The van der Waals surface area contributed by atoms with E-state index >= 15 is 0 Å². The molecule has 8 aromatic rings. The Kier molecular flexibility index (Phi) is 11.5. The molecule has 0 N–H and O–H groups in total. The molecule has 52 heavy (non-hydrogen) atoms. The number of rotatable bonds is 7. The van der Waals surface area contributed by atoms with Crippen molar-refractivity contribution in [2.45, 2.75) is 39.9 Å². The smallest absolute Gasteiger partial charge is 0.121 e. The Morgan fingerprint density at radius 2 is 1.35 bits per heavy atom. The van der Waals surface area contributed by atoms with E-state index in [4.69, 9.17) is 4.42 Å². The van der Waals surface area contributed by atoms with Crippen molar-refractivity contribution in [3.05, 3.63) is 164 Å². The van der Waals surface area contributed by atoms with Crippen LogP contribution in [0, 0.1) is 18.1 Å². The van der Waals surface area contributed by atoms with E-state index in [-0.39, 0.29) is 20.1 Å². The van der Waals surface area contributed by atoms with Gasteiger partial charge in [0.15, 0.2) is 0 Å². The monoisotopic (exact) mass is 871 g/mol. The molecule has 3 heterocycles. The number of benzene rings is 5. The predicted octanol–water partition coefficient (Wildman–Crippen LogP) is 12.1. The molecule has 5 aromatic carbocycles. The van der Waals surface area contributed by atoms with Gasteiger partial charge >= 0.3 is 0 Å². The van der Waals surface area contributed by atoms with E-state index in [2.05, 4.69) is 153 Å². The van der Waals surface area contributed by atoms with Gasteiger partial charge in [0.2, 0.25) is 0 Å². The SMILES string of the molecule is CC(C)Cc1ccnc(-c2[c-]ccc3c2oc2cc(-c4ccc(-c5ccccc5)cc4)ccc23)c1.C[Si](C)(C)c1ccc(-c2[c-]cccc2)nc1.[Ir]. The molecule has 0 aliphatic carbocycles. The minimum Gasteiger partial charge on any atom is -0.501 e. The molecule has 3 aromatic heterocycles. The van der Waals surface area contributed by atoms with Crippen LogP contribution < -0.4 is 5.19 Å². The number of pyridine rings is 2. The van der Waals surface area contributed by atoms with Crippen LogP contribution in [-0.4, -0.2) is 18.0 Å². The fourth-order valence-corrected chi connectivity index (χ4v) is 7.39. The molecule has 5 heteroatoms. The van der Waals surface area contributed by atoms with Gasteiger partial charge in [-0.3, -0.25) is 0 Å². The zero-order valence-corrected chi connectivity index (χ0v) is 33.7. The van der Waals surface area contributed by atoms with E-state index < -0.39 is 8.07 Å². The molecule has 3 nitrogen and oxygen atoms in total. The summed E-state index contributed by atoms with van der Waals surface area (Å²) in [7, 11) is -1.23. The van der Waals surface area contributed by atoms with Crippen LogP contribution >= 0.6 is 0 Å². The predicted molar refractivity (Wildman–Crippen MR) is 217 cm³/mol. The van der Waals surface area contributed by atoms with Crippen LogP contribution in [0.5, 0.6) is 0 Å². The number of furan rings is 1. The molecule has 8 rings (SSSR count). The van der Waals surface area contributed by atoms with Crippen molar-refractivity contribution in [3.8, 4) is 44.8 Å². The van der Waals surface area contributed by atoms with Gasteiger partial charge in [-0.2, -0.15) is 0 Å². The molecule has 261 valence electrons. The Balaban J connectivity index is 0.000000230. The summed E-state index contributed by atoms with van der Waals surface area (Å²) in [6.45, 7) is 11.5. The standard InChI is InChI=1S/C33H26NO.C14H16NSi.Ir/c1-22(2)19-23-17-18-34-31(20-23)30-10-6-9-29-28-16-15-27(21-32(28)35-33(29)30)26-13-11-25(12-14-26)24-7-4-3-5-8-24;1-16(2,3)13-9-10-14(15-11-13)12-7-5-4-6-8-12;/h3-9,11-18,20-22H,19H2,1-2H3;4-7,9-11H,1-3H3;/q2*-1;. The van der Waals surface area contributed by atoms with E-state index in [9.17, 15) is 0 Å². The van der Waals surface area contributed by atoms with Gasteiger partial charge in [0.25, 0.3) is 0 Å². The van der Waals surface area contributed by atoms with E-state index in [1.165, 1.54) is 27.4 Å². The normalized spacial score (nSPS) is 11.3. The third-order valence-electron chi connectivity index (χ3n) is 9.10. The first-order valence-electron chi connectivity index (χ1n) is 17.6. The van der Waals surface area contributed by atoms with Gasteiger partial charge in [-0.25, -0.2) is 0 Å². The fraction of sp³-hybridized carbons (Fsp3) is 0.149. The summed E-state index contributed by atoms with van der Waals surface area (Å²) < 4.78 is 6.44. The van der Waals surface area contributed by atoms with Crippen LogP contribution in [0.25, 0.3) is 66.7 Å². The minimum absolute atomic E-state index is 0. The summed E-state index contributed by atoms with van der Waals surface area (Å²) in [6.07, 6.45) is 4.93. The third-order valence-corrected chi connectivity index (χ3v) is 11.1. The Morgan fingerprint density at radius 3 is 2.02 bits per heavy atom. The van der Waals surface area contributed by atoms with Crippen LogP contribution in [0.15, 0.2) is 150 Å². The summed E-state index contributed by atoms with van der Waals surface area (Å²) in [5.41, 5.74) is 11.6. The quantitative estimate of drug-likeness (QED) is 0.118. The molecule has 0 aliphatic rings. The molecule has 0 fully saturated rings. The third kappa shape index (κ3) is 8.40. The largest absolute Gasteiger partial charge is 0.501 e. The summed E-state index contributed by atoms with van der Waals surface area (Å²) in [5, 5.41) is 3.60. The summed E-state index contributed by atoms with van der Waals surface area (Å²) in [4.78, 5) is 9.16. The molecule has 0 bridgehead atoms. The van der Waals surface area contributed by atoms with Crippen molar-refractivity contribution in [3.63, 3.8) is 0 Å². The second-order valence-corrected chi connectivity index (χ2v) is 19.5. The summed E-state index contributed by atoms with van der Waals surface area (Å²) in [6, 6.07) is 52.8. The number of hydrogen-bond donors (Lipinski definition) is 0. The van der Waals surface area contributed by atoms with Gasteiger partial charge in [-0.1, -0.05) is 135 Å². The number of aromatic nitrogens is 2. The molecule has 0 saturated carbocycles. The average molecular weight is 871 g/mol. The summed E-state index contributed by atoms with van der Waals surface area (Å²) in [5.74, 6) is 0.594. The first-order chi connectivity index (χ1) is 24.7. The van der Waals surface area contributed by atoms with Gasteiger partial charge in [0.05, 0.1) is 13.7 Å². The second kappa shape index (κ2) is 16.2. The van der Waals surface area contributed by atoms with Crippen molar-refractivity contribution >= 4 is 35.2 Å². The molecule has 0 unspecified atom stereocenters. The van der Waals surface area contributed by atoms with Crippen molar-refractivity contribution in [1.29, 1.82) is 0 Å². The first-order valence-corrected chi connectivity index (χ1v) is 21.1. The van der Waals surface area contributed by atoms with Crippen LogP contribution in [0.2, 0.25) is 19.6 Å². The molecular formula is C47H42IrN2OSi-2. The fourth-order valence-electron chi connectivity index (χ4n) is 6.36. The summed E-state index contributed by atoms with van der Waals surface area (Å²) >= 11 is 0. The Hall–Kier alpha value is -4.93. The molecule has 0 atom stereocenters. The zero-order chi connectivity index (χ0) is 35.4. The van der Waals surface area contributed by atoms with Gasteiger partial charge in [0, 0.05) is 37.9 Å². The number of fused-ring (bicyclic) bond motifs is 3. The molecule has 0 spiro atoms. The molecule has 0 saturated heterocycles. The van der Waals surface area contributed by atoms with Crippen molar-refractivity contribution in [1.82, 2.24) is 9.97 Å². The van der Waals surface area contributed by atoms with E-state index in [0.717, 1.165) is 56.4 Å². The van der Waals surface area contributed by atoms with Crippen molar-refractivity contribution in [2.75, 3.05) is 0 Å². The molecule has 0 aliphatic heterocycles. The topological polar surface area (TPSA) is 38.9 Å². The molecule has 1 radical (unpaired) electrons. The maximum Gasteiger partial charge on any atom is 0.121 e. The Morgan fingerprint density at radius 1 is 0.635 bits per heavy atom. The van der Waals surface area contributed by atoms with Gasteiger partial charge in [-0.05, 0) is 63.3 Å². The zero-order valence-electron chi connectivity index (χ0n) is 30.3. The van der Waals surface area contributed by atoms with E-state index in [0.29, 0.717) is 5.92 Å². The number of nitrogens with zero attached hydrogens (tertiary/aromatic N) is 2. The van der Waals surface area contributed by atoms with E-state index in [1.54, 1.807) is 0 Å². The Bertz CT molecular complexity index is 2380. The van der Waals surface area contributed by atoms with Gasteiger partial charge in [0.1, 0.15) is 5.58 Å². The maximum atomic E-state index is 6.44. The second-order valence-electron chi connectivity index (χ2n) is 14.5. The molecular weight excluding hydrogens is 829 g/mol. The van der Waals surface area contributed by atoms with Crippen LogP contribution in [0.3, 0.4) is 0 Å².